The SMILES string of the molecule is Nc1nnc(SCC(=O)N2CCC(c3ncon3)CC2)s1. The number of thioether (sulfide) groups is 1. The molecule has 8 nitrogen and oxygen atoms in total. The Morgan fingerprint density at radius 2 is 2.29 bits per heavy atom. The molecule has 10 heteroatoms. The molecule has 0 aromatic carbocycles. The van der Waals surface area contributed by atoms with Crippen molar-refractivity contribution in [2.24, 2.45) is 0 Å². The zero-order valence-corrected chi connectivity index (χ0v) is 12.8. The van der Waals surface area contributed by atoms with Crippen molar-refractivity contribution in [3.05, 3.63) is 12.2 Å². The molecule has 2 aromatic heterocycles. The molecule has 112 valence electrons. The molecule has 2 N–H and O–H groups in total. The van der Waals surface area contributed by atoms with Gasteiger partial charge in [0.05, 0.1) is 5.75 Å². The molecule has 0 radical (unpaired) electrons. The average Bonchev–Trinajstić information content (AvgIpc) is 3.16. The maximum Gasteiger partial charge on any atom is 0.233 e. The maximum atomic E-state index is 12.2. The van der Waals surface area contributed by atoms with E-state index in [1.165, 1.54) is 29.5 Å². The van der Waals surface area contributed by atoms with E-state index >= 15 is 0 Å². The number of piperidine rings is 1. The van der Waals surface area contributed by atoms with Crippen molar-refractivity contribution in [3.8, 4) is 0 Å². The number of hydrogen-bond donors (Lipinski definition) is 1. The first-order chi connectivity index (χ1) is 10.2. The van der Waals surface area contributed by atoms with Gasteiger partial charge in [-0.15, -0.1) is 10.2 Å². The number of carbonyl (C=O) groups is 1. The van der Waals surface area contributed by atoms with E-state index in [4.69, 9.17) is 10.3 Å². The molecule has 0 spiro atoms. The molecule has 1 saturated heterocycles. The fraction of sp³-hybridized carbons (Fsp3) is 0.545. The zero-order chi connectivity index (χ0) is 14.7. The number of nitrogen functional groups attached to an aromatic ring is 1. The van der Waals surface area contributed by atoms with Crippen LogP contribution >= 0.6 is 23.1 Å². The minimum absolute atomic E-state index is 0.111. The minimum atomic E-state index is 0.111. The normalized spacial score (nSPS) is 16.3. The van der Waals surface area contributed by atoms with E-state index in [0.717, 1.165) is 36.1 Å². The van der Waals surface area contributed by atoms with Crippen molar-refractivity contribution in [1.29, 1.82) is 0 Å². The fourth-order valence-electron chi connectivity index (χ4n) is 2.24. The summed E-state index contributed by atoms with van der Waals surface area (Å²) in [6.45, 7) is 1.44. The molecule has 1 aliphatic rings. The molecular weight excluding hydrogens is 312 g/mol. The first kappa shape index (κ1) is 14.3. The summed E-state index contributed by atoms with van der Waals surface area (Å²) in [6, 6.07) is 0. The van der Waals surface area contributed by atoms with Crippen LogP contribution in [0.1, 0.15) is 24.6 Å². The van der Waals surface area contributed by atoms with E-state index in [0.29, 0.717) is 10.9 Å². The van der Waals surface area contributed by atoms with Gasteiger partial charge in [-0.3, -0.25) is 4.79 Å². The van der Waals surface area contributed by atoms with Crippen LogP contribution in [0.5, 0.6) is 0 Å². The summed E-state index contributed by atoms with van der Waals surface area (Å²) in [5, 5.41) is 11.9. The summed E-state index contributed by atoms with van der Waals surface area (Å²) < 4.78 is 5.49. The number of nitrogens with two attached hydrogens (primary N) is 1. The lowest BCUT2D eigenvalue weighted by Gasteiger charge is -2.30. The Hall–Kier alpha value is -1.68. The van der Waals surface area contributed by atoms with Gasteiger partial charge in [0.1, 0.15) is 0 Å². The molecule has 21 heavy (non-hydrogen) atoms. The molecule has 0 atom stereocenters. The Morgan fingerprint density at radius 3 is 2.90 bits per heavy atom. The predicted octanol–water partition coefficient (Wildman–Crippen LogP) is 1.00. The molecule has 1 aliphatic heterocycles. The van der Waals surface area contributed by atoms with Gasteiger partial charge in [0.15, 0.2) is 10.2 Å². The van der Waals surface area contributed by atoms with E-state index < -0.39 is 0 Å². The molecule has 0 aliphatic carbocycles. The van der Waals surface area contributed by atoms with Crippen molar-refractivity contribution >= 4 is 34.1 Å². The number of nitrogens with zero attached hydrogens (tertiary/aromatic N) is 5. The summed E-state index contributed by atoms with van der Waals surface area (Å²) in [4.78, 5) is 18.1. The quantitative estimate of drug-likeness (QED) is 0.828. The van der Waals surface area contributed by atoms with Crippen molar-refractivity contribution in [2.75, 3.05) is 24.6 Å². The molecular formula is C11H14N6O2S2. The van der Waals surface area contributed by atoms with Crippen LogP contribution in [0.15, 0.2) is 15.3 Å². The van der Waals surface area contributed by atoms with Crippen LogP contribution in [0.2, 0.25) is 0 Å². The van der Waals surface area contributed by atoms with E-state index in [2.05, 4.69) is 20.3 Å². The van der Waals surface area contributed by atoms with E-state index in [9.17, 15) is 4.79 Å². The van der Waals surface area contributed by atoms with Gasteiger partial charge in [-0.2, -0.15) is 4.98 Å². The molecule has 0 bridgehead atoms. The Bertz CT molecular complexity index is 594. The topological polar surface area (TPSA) is 111 Å². The maximum absolute atomic E-state index is 12.2. The smallest absolute Gasteiger partial charge is 0.233 e. The number of aromatic nitrogens is 4. The van der Waals surface area contributed by atoms with Gasteiger partial charge in [-0.1, -0.05) is 28.3 Å². The van der Waals surface area contributed by atoms with Crippen LogP contribution in [-0.2, 0) is 4.79 Å². The predicted molar refractivity (Wildman–Crippen MR) is 77.9 cm³/mol. The number of amides is 1. The first-order valence-electron chi connectivity index (χ1n) is 6.48. The molecule has 1 fully saturated rings. The molecule has 2 aromatic rings. The molecule has 3 rings (SSSR count). The standard InChI is InChI=1S/C11H14N6O2S2/c12-10-14-15-11(21-10)20-5-8(18)17-3-1-7(2-4-17)9-13-6-19-16-9/h6-7H,1-5H2,(H2,12,14). The van der Waals surface area contributed by atoms with Gasteiger partial charge in [0, 0.05) is 19.0 Å². The van der Waals surface area contributed by atoms with Gasteiger partial charge in [0.25, 0.3) is 0 Å². The van der Waals surface area contributed by atoms with E-state index in [1.54, 1.807) is 0 Å². The number of carbonyl (C=O) groups excluding carboxylic acids is 1. The van der Waals surface area contributed by atoms with Crippen molar-refractivity contribution in [1.82, 2.24) is 25.2 Å². The van der Waals surface area contributed by atoms with Crippen LogP contribution in [-0.4, -0.2) is 50.0 Å². The Kier molecular flexibility index (Phi) is 4.34. The number of anilines is 1. The lowest BCUT2D eigenvalue weighted by molar-refractivity contribution is -0.129. The summed E-state index contributed by atoms with van der Waals surface area (Å²) in [7, 11) is 0. The second-order valence-electron chi connectivity index (χ2n) is 4.64. The molecule has 3 heterocycles. The van der Waals surface area contributed by atoms with E-state index in [-0.39, 0.29) is 11.8 Å². The number of rotatable bonds is 4. The largest absolute Gasteiger partial charge is 0.374 e. The monoisotopic (exact) mass is 326 g/mol. The van der Waals surface area contributed by atoms with Crippen molar-refractivity contribution in [3.63, 3.8) is 0 Å². The van der Waals surface area contributed by atoms with Crippen LogP contribution in [0.4, 0.5) is 5.13 Å². The summed E-state index contributed by atoms with van der Waals surface area (Å²) in [6.07, 6.45) is 3.07. The van der Waals surface area contributed by atoms with Crippen LogP contribution in [0, 0.1) is 0 Å². The second-order valence-corrected chi connectivity index (χ2v) is 6.87. The van der Waals surface area contributed by atoms with Crippen LogP contribution < -0.4 is 5.73 Å². The summed E-state index contributed by atoms with van der Waals surface area (Å²) in [5.41, 5.74) is 5.51. The Labute approximate surface area is 129 Å². The molecule has 0 saturated carbocycles. The fourth-order valence-corrected chi connectivity index (χ4v) is 3.78. The van der Waals surface area contributed by atoms with Gasteiger partial charge >= 0.3 is 0 Å². The number of likely N-dealkylation sites (tertiary alicyclic amines) is 1. The highest BCUT2D eigenvalue weighted by atomic mass is 32.2. The van der Waals surface area contributed by atoms with Crippen LogP contribution in [0.25, 0.3) is 0 Å². The second kappa shape index (κ2) is 6.39. The highest BCUT2D eigenvalue weighted by Crippen LogP contribution is 2.27. The van der Waals surface area contributed by atoms with Gasteiger partial charge in [-0.25, -0.2) is 0 Å². The summed E-state index contributed by atoms with van der Waals surface area (Å²) >= 11 is 2.67. The molecule has 1 amide bonds. The highest BCUT2D eigenvalue weighted by Gasteiger charge is 2.26. The highest BCUT2D eigenvalue weighted by molar-refractivity contribution is 8.01. The Morgan fingerprint density at radius 1 is 1.48 bits per heavy atom. The Balaban J connectivity index is 1.46. The van der Waals surface area contributed by atoms with Gasteiger partial charge < -0.3 is 15.2 Å². The van der Waals surface area contributed by atoms with Crippen molar-refractivity contribution in [2.45, 2.75) is 23.1 Å². The average molecular weight is 326 g/mol. The summed E-state index contributed by atoms with van der Waals surface area (Å²) in [5.74, 6) is 1.49. The van der Waals surface area contributed by atoms with Crippen LogP contribution in [0.3, 0.4) is 0 Å². The third-order valence-corrected chi connectivity index (χ3v) is 5.20. The third kappa shape index (κ3) is 3.50. The van der Waals surface area contributed by atoms with Gasteiger partial charge in [0.2, 0.25) is 17.4 Å². The number of hydrogen-bond acceptors (Lipinski definition) is 9. The lowest BCUT2D eigenvalue weighted by atomic mass is 9.96. The van der Waals surface area contributed by atoms with Crippen molar-refractivity contribution < 1.29 is 9.32 Å². The lowest BCUT2D eigenvalue weighted by Crippen LogP contribution is -2.39. The van der Waals surface area contributed by atoms with Gasteiger partial charge in [-0.05, 0) is 12.8 Å². The molecule has 0 unspecified atom stereocenters. The third-order valence-electron chi connectivity index (χ3n) is 3.33. The zero-order valence-electron chi connectivity index (χ0n) is 11.1. The minimum Gasteiger partial charge on any atom is -0.374 e. The van der Waals surface area contributed by atoms with E-state index in [1.807, 2.05) is 4.90 Å². The first-order valence-corrected chi connectivity index (χ1v) is 8.28.